The number of aryl methyl sites for hydroxylation is 1. The molecule has 1 aliphatic heterocycles. The summed E-state index contributed by atoms with van der Waals surface area (Å²) in [5.74, 6) is -0.514. The molecule has 1 aromatic heterocycles. The first-order chi connectivity index (χ1) is 9.02. The van der Waals surface area contributed by atoms with E-state index in [9.17, 15) is 9.90 Å². The number of aliphatic hydroxyl groups is 1. The molecular weight excluding hydrogens is 248 g/mol. The van der Waals surface area contributed by atoms with E-state index in [0.29, 0.717) is 44.1 Å². The molecule has 0 spiro atoms. The van der Waals surface area contributed by atoms with Gasteiger partial charge < -0.3 is 20.3 Å². The molecule has 6 nitrogen and oxygen atoms in total. The van der Waals surface area contributed by atoms with Crippen LogP contribution in [-0.4, -0.2) is 46.5 Å². The first-order valence-electron chi connectivity index (χ1n) is 6.31. The van der Waals surface area contributed by atoms with E-state index in [0.717, 1.165) is 0 Å². The highest BCUT2D eigenvalue weighted by Crippen LogP contribution is 2.19. The third-order valence-electron chi connectivity index (χ3n) is 3.17. The van der Waals surface area contributed by atoms with Crippen LogP contribution in [0.2, 0.25) is 0 Å². The second-order valence-corrected chi connectivity index (χ2v) is 4.77. The van der Waals surface area contributed by atoms with Crippen molar-refractivity contribution in [2.24, 2.45) is 0 Å². The molecule has 1 fully saturated rings. The molecule has 1 aromatic rings. The van der Waals surface area contributed by atoms with E-state index < -0.39 is 11.6 Å². The van der Waals surface area contributed by atoms with E-state index in [4.69, 9.17) is 9.84 Å². The highest BCUT2D eigenvalue weighted by molar-refractivity contribution is 5.88. The van der Waals surface area contributed by atoms with Gasteiger partial charge in [0.1, 0.15) is 11.4 Å². The Balaban J connectivity index is 2.10. The predicted octanol–water partition coefficient (Wildman–Crippen LogP) is 0.905. The SMILES string of the molecule is CCc1cc(C(=O)O)cc(NCC2(O)CCOC2)n1. The van der Waals surface area contributed by atoms with Crippen molar-refractivity contribution in [1.29, 1.82) is 0 Å². The molecule has 2 heterocycles. The van der Waals surface area contributed by atoms with E-state index in [1.807, 2.05) is 6.92 Å². The quantitative estimate of drug-likeness (QED) is 0.733. The Morgan fingerprint density at radius 1 is 1.58 bits per heavy atom. The maximum atomic E-state index is 11.0. The third-order valence-corrected chi connectivity index (χ3v) is 3.17. The van der Waals surface area contributed by atoms with E-state index in [1.54, 1.807) is 6.07 Å². The van der Waals surface area contributed by atoms with Gasteiger partial charge in [0.15, 0.2) is 0 Å². The van der Waals surface area contributed by atoms with Gasteiger partial charge in [0, 0.05) is 25.3 Å². The Hall–Kier alpha value is -1.66. The van der Waals surface area contributed by atoms with E-state index in [1.165, 1.54) is 6.07 Å². The Kier molecular flexibility index (Phi) is 4.01. The van der Waals surface area contributed by atoms with Gasteiger partial charge in [-0.25, -0.2) is 9.78 Å². The molecule has 1 aliphatic rings. The fourth-order valence-electron chi connectivity index (χ4n) is 1.97. The molecule has 2 rings (SSSR count). The van der Waals surface area contributed by atoms with Gasteiger partial charge in [-0.15, -0.1) is 0 Å². The van der Waals surface area contributed by atoms with E-state index in [-0.39, 0.29) is 5.56 Å². The van der Waals surface area contributed by atoms with Gasteiger partial charge in [-0.3, -0.25) is 0 Å². The molecule has 6 heteroatoms. The number of nitrogens with one attached hydrogen (secondary N) is 1. The summed E-state index contributed by atoms with van der Waals surface area (Å²) in [6.07, 6.45) is 1.22. The third kappa shape index (κ3) is 3.42. The average Bonchev–Trinajstić information content (AvgIpc) is 2.83. The molecular formula is C13H18N2O4. The van der Waals surface area contributed by atoms with Crippen LogP contribution in [0, 0.1) is 0 Å². The van der Waals surface area contributed by atoms with Crippen LogP contribution in [-0.2, 0) is 11.2 Å². The minimum absolute atomic E-state index is 0.198. The van der Waals surface area contributed by atoms with Crippen molar-refractivity contribution in [1.82, 2.24) is 4.98 Å². The molecule has 3 N–H and O–H groups in total. The van der Waals surface area contributed by atoms with Gasteiger partial charge >= 0.3 is 5.97 Å². The Morgan fingerprint density at radius 2 is 2.37 bits per heavy atom. The number of carboxylic acid groups (broad SMARTS) is 1. The smallest absolute Gasteiger partial charge is 0.335 e. The molecule has 1 atom stereocenters. The number of anilines is 1. The molecule has 104 valence electrons. The molecule has 0 aromatic carbocycles. The molecule has 1 saturated heterocycles. The molecule has 0 bridgehead atoms. The van der Waals surface area contributed by atoms with Gasteiger partial charge in [0.25, 0.3) is 0 Å². The van der Waals surface area contributed by atoms with Crippen molar-refractivity contribution >= 4 is 11.8 Å². The van der Waals surface area contributed by atoms with Crippen LogP contribution in [0.5, 0.6) is 0 Å². The van der Waals surface area contributed by atoms with Crippen molar-refractivity contribution in [2.45, 2.75) is 25.4 Å². The molecule has 0 amide bonds. The summed E-state index contributed by atoms with van der Waals surface area (Å²) in [7, 11) is 0. The number of aromatic carboxylic acids is 1. The average molecular weight is 266 g/mol. The maximum absolute atomic E-state index is 11.0. The first kappa shape index (κ1) is 13.8. The van der Waals surface area contributed by atoms with Crippen LogP contribution in [0.1, 0.15) is 29.4 Å². The lowest BCUT2D eigenvalue weighted by molar-refractivity contribution is 0.0381. The zero-order valence-corrected chi connectivity index (χ0v) is 10.8. The summed E-state index contributed by atoms with van der Waals surface area (Å²) in [6, 6.07) is 3.03. The Labute approximate surface area is 111 Å². The first-order valence-corrected chi connectivity index (χ1v) is 6.31. The van der Waals surface area contributed by atoms with Gasteiger partial charge in [0.05, 0.1) is 12.2 Å². The molecule has 1 unspecified atom stereocenters. The lowest BCUT2D eigenvalue weighted by Gasteiger charge is -2.21. The second-order valence-electron chi connectivity index (χ2n) is 4.77. The monoisotopic (exact) mass is 266 g/mol. The summed E-state index contributed by atoms with van der Waals surface area (Å²) in [5, 5.41) is 22.2. The number of ether oxygens (including phenoxy) is 1. The number of pyridine rings is 1. The van der Waals surface area contributed by atoms with Crippen molar-refractivity contribution < 1.29 is 19.7 Å². The van der Waals surface area contributed by atoms with Gasteiger partial charge in [-0.2, -0.15) is 0 Å². The lowest BCUT2D eigenvalue weighted by atomic mass is 10.0. The number of carboxylic acids is 1. The Morgan fingerprint density at radius 3 is 2.95 bits per heavy atom. The number of carbonyl (C=O) groups is 1. The topological polar surface area (TPSA) is 91.7 Å². The maximum Gasteiger partial charge on any atom is 0.335 e. The summed E-state index contributed by atoms with van der Waals surface area (Å²) in [5.41, 5.74) is 0.00822. The largest absolute Gasteiger partial charge is 0.478 e. The zero-order chi connectivity index (χ0) is 13.9. The van der Waals surface area contributed by atoms with Crippen LogP contribution < -0.4 is 5.32 Å². The van der Waals surface area contributed by atoms with E-state index >= 15 is 0 Å². The minimum atomic E-state index is -0.983. The van der Waals surface area contributed by atoms with Gasteiger partial charge in [-0.1, -0.05) is 6.92 Å². The van der Waals surface area contributed by atoms with Crippen LogP contribution in [0.25, 0.3) is 0 Å². The number of nitrogens with zero attached hydrogens (tertiary/aromatic N) is 1. The number of aromatic nitrogens is 1. The van der Waals surface area contributed by atoms with Crippen molar-refractivity contribution in [3.63, 3.8) is 0 Å². The minimum Gasteiger partial charge on any atom is -0.478 e. The fourth-order valence-corrected chi connectivity index (χ4v) is 1.97. The standard InChI is InChI=1S/C13H18N2O4/c1-2-10-5-9(12(16)17)6-11(15-10)14-7-13(18)3-4-19-8-13/h5-6,18H,2-4,7-8H2,1H3,(H,14,15)(H,16,17). The number of hydrogen-bond acceptors (Lipinski definition) is 5. The summed E-state index contributed by atoms with van der Waals surface area (Å²) >= 11 is 0. The molecule has 19 heavy (non-hydrogen) atoms. The zero-order valence-electron chi connectivity index (χ0n) is 10.8. The normalized spacial score (nSPS) is 22.4. The molecule has 0 saturated carbocycles. The summed E-state index contributed by atoms with van der Waals surface area (Å²) in [6.45, 7) is 3.04. The van der Waals surface area contributed by atoms with Crippen LogP contribution in [0.4, 0.5) is 5.82 Å². The molecule has 0 radical (unpaired) electrons. The Bertz CT molecular complexity index is 470. The molecule has 0 aliphatic carbocycles. The summed E-state index contributed by atoms with van der Waals surface area (Å²) in [4.78, 5) is 15.3. The van der Waals surface area contributed by atoms with E-state index in [2.05, 4.69) is 10.3 Å². The van der Waals surface area contributed by atoms with Gasteiger partial charge in [-0.05, 0) is 18.6 Å². The van der Waals surface area contributed by atoms with Crippen molar-refractivity contribution in [2.75, 3.05) is 25.1 Å². The highest BCUT2D eigenvalue weighted by atomic mass is 16.5. The van der Waals surface area contributed by atoms with Gasteiger partial charge in [0.2, 0.25) is 0 Å². The number of rotatable bonds is 5. The van der Waals surface area contributed by atoms with Crippen LogP contribution in [0.3, 0.4) is 0 Å². The predicted molar refractivity (Wildman–Crippen MR) is 69.4 cm³/mol. The van der Waals surface area contributed by atoms with Crippen molar-refractivity contribution in [3.05, 3.63) is 23.4 Å². The fraction of sp³-hybridized carbons (Fsp3) is 0.538. The van der Waals surface area contributed by atoms with Crippen LogP contribution >= 0.6 is 0 Å². The lowest BCUT2D eigenvalue weighted by Crippen LogP contribution is -2.37. The number of hydrogen-bond donors (Lipinski definition) is 3. The highest BCUT2D eigenvalue weighted by Gasteiger charge is 2.32. The van der Waals surface area contributed by atoms with Crippen molar-refractivity contribution in [3.8, 4) is 0 Å². The second kappa shape index (κ2) is 5.54. The summed E-state index contributed by atoms with van der Waals surface area (Å²) < 4.78 is 5.15. The van der Waals surface area contributed by atoms with Crippen LogP contribution in [0.15, 0.2) is 12.1 Å².